The highest BCUT2D eigenvalue weighted by Gasteiger charge is 2.13. The fourth-order valence-corrected chi connectivity index (χ4v) is 3.14. The zero-order chi connectivity index (χ0) is 18.9. The molecule has 1 saturated heterocycles. The number of aromatic nitrogens is 1. The maximum absolute atomic E-state index is 12.4. The van der Waals surface area contributed by atoms with Crippen LogP contribution in [0.3, 0.4) is 0 Å². The van der Waals surface area contributed by atoms with Crippen LogP contribution in [0.25, 0.3) is 0 Å². The lowest BCUT2D eigenvalue weighted by molar-refractivity contribution is 0.0947. The summed E-state index contributed by atoms with van der Waals surface area (Å²) in [6.07, 6.45) is 6.61. The van der Waals surface area contributed by atoms with Crippen LogP contribution in [0, 0.1) is 0 Å². The second kappa shape index (κ2) is 9.80. The number of nitrogens with one attached hydrogen (secondary N) is 1. The van der Waals surface area contributed by atoms with Crippen LogP contribution in [0.2, 0.25) is 0 Å². The molecule has 0 atom stereocenters. The fraction of sp³-hybridized carbons (Fsp3) is 0.429. The normalized spacial score (nSPS) is 14.3. The molecule has 1 amide bonds. The Bertz CT molecular complexity index is 726. The number of carbonyl (C=O) groups excluding carboxylic acids is 1. The summed E-state index contributed by atoms with van der Waals surface area (Å²) >= 11 is 0. The molecular formula is C21H27N3O3. The summed E-state index contributed by atoms with van der Waals surface area (Å²) in [6.45, 7) is 2.86. The molecule has 3 rings (SSSR count). The average Bonchev–Trinajstić information content (AvgIpc) is 3.01. The van der Waals surface area contributed by atoms with Crippen molar-refractivity contribution < 1.29 is 14.3 Å². The van der Waals surface area contributed by atoms with Crippen LogP contribution in [0.4, 0.5) is 5.82 Å². The Kier molecular flexibility index (Phi) is 6.90. The predicted molar refractivity (Wildman–Crippen MR) is 106 cm³/mol. The van der Waals surface area contributed by atoms with E-state index in [1.807, 2.05) is 30.3 Å². The van der Waals surface area contributed by atoms with E-state index in [4.69, 9.17) is 9.47 Å². The highest BCUT2D eigenvalue weighted by atomic mass is 16.5. The van der Waals surface area contributed by atoms with Gasteiger partial charge in [-0.15, -0.1) is 0 Å². The van der Waals surface area contributed by atoms with E-state index in [2.05, 4.69) is 15.2 Å². The van der Waals surface area contributed by atoms with Gasteiger partial charge in [0.1, 0.15) is 23.9 Å². The molecule has 6 heteroatoms. The summed E-state index contributed by atoms with van der Waals surface area (Å²) in [5.41, 5.74) is 0.633. The molecule has 2 aromatic rings. The van der Waals surface area contributed by atoms with E-state index in [0.717, 1.165) is 30.4 Å². The van der Waals surface area contributed by atoms with Gasteiger partial charge in [0.25, 0.3) is 5.91 Å². The largest absolute Gasteiger partial charge is 0.497 e. The summed E-state index contributed by atoms with van der Waals surface area (Å²) in [4.78, 5) is 19.1. The third-order valence-corrected chi connectivity index (χ3v) is 4.65. The van der Waals surface area contributed by atoms with Gasteiger partial charge in [-0.25, -0.2) is 4.98 Å². The Balaban J connectivity index is 1.48. The zero-order valence-electron chi connectivity index (χ0n) is 15.8. The number of hydrogen-bond donors (Lipinski definition) is 1. The molecule has 0 aliphatic carbocycles. The predicted octanol–water partition coefficient (Wildman–Crippen LogP) is 3.28. The van der Waals surface area contributed by atoms with E-state index >= 15 is 0 Å². The standard InChI is InChI=1S/C21H27N3O3/c1-26-18-6-8-19(9-7-18)27-15-12-23-21(25)17-10-11-22-20(16-17)24-13-4-2-3-5-14-24/h6-11,16H,2-5,12-15H2,1H3,(H,23,25). The van der Waals surface area contributed by atoms with Gasteiger partial charge in [0.2, 0.25) is 0 Å². The summed E-state index contributed by atoms with van der Waals surface area (Å²) in [5.74, 6) is 2.32. The maximum atomic E-state index is 12.4. The summed E-state index contributed by atoms with van der Waals surface area (Å²) < 4.78 is 10.7. The van der Waals surface area contributed by atoms with E-state index in [0.29, 0.717) is 18.7 Å². The van der Waals surface area contributed by atoms with Crippen molar-refractivity contribution in [1.29, 1.82) is 0 Å². The lowest BCUT2D eigenvalue weighted by Crippen LogP contribution is -2.29. The van der Waals surface area contributed by atoms with Gasteiger partial charge in [0.05, 0.1) is 13.7 Å². The van der Waals surface area contributed by atoms with E-state index < -0.39 is 0 Å². The number of ether oxygens (including phenoxy) is 2. The molecule has 6 nitrogen and oxygen atoms in total. The van der Waals surface area contributed by atoms with Crippen LogP contribution in [0.15, 0.2) is 42.6 Å². The Morgan fingerprint density at radius 3 is 2.48 bits per heavy atom. The number of benzene rings is 1. The molecule has 144 valence electrons. The molecule has 0 radical (unpaired) electrons. The number of anilines is 1. The third kappa shape index (κ3) is 5.61. The molecule has 1 fully saturated rings. The molecule has 0 unspecified atom stereocenters. The van der Waals surface area contributed by atoms with Crippen molar-refractivity contribution in [3.63, 3.8) is 0 Å². The lowest BCUT2D eigenvalue weighted by atomic mass is 10.2. The molecule has 27 heavy (non-hydrogen) atoms. The first-order valence-electron chi connectivity index (χ1n) is 9.52. The minimum atomic E-state index is -0.105. The van der Waals surface area contributed by atoms with Gasteiger partial charge in [0.15, 0.2) is 0 Å². The second-order valence-electron chi connectivity index (χ2n) is 6.58. The molecule has 1 aliphatic heterocycles. The summed E-state index contributed by atoms with van der Waals surface area (Å²) in [7, 11) is 1.63. The van der Waals surface area contributed by atoms with Crippen LogP contribution in [-0.2, 0) is 0 Å². The lowest BCUT2D eigenvalue weighted by Gasteiger charge is -2.21. The molecule has 0 bridgehead atoms. The first-order valence-corrected chi connectivity index (χ1v) is 9.52. The maximum Gasteiger partial charge on any atom is 0.251 e. The van der Waals surface area contributed by atoms with Crippen LogP contribution < -0.4 is 19.7 Å². The molecule has 1 aromatic heterocycles. The summed E-state index contributed by atoms with van der Waals surface area (Å²) in [5, 5.41) is 2.90. The van der Waals surface area contributed by atoms with Crippen molar-refractivity contribution in [2.24, 2.45) is 0 Å². The zero-order valence-corrected chi connectivity index (χ0v) is 15.8. The number of carbonyl (C=O) groups is 1. The van der Waals surface area contributed by atoms with E-state index in [1.165, 1.54) is 25.7 Å². The summed E-state index contributed by atoms with van der Waals surface area (Å²) in [6, 6.07) is 11.0. The highest BCUT2D eigenvalue weighted by Crippen LogP contribution is 2.18. The number of hydrogen-bond acceptors (Lipinski definition) is 5. The van der Waals surface area contributed by atoms with Crippen LogP contribution in [0.1, 0.15) is 36.0 Å². The van der Waals surface area contributed by atoms with Crippen LogP contribution >= 0.6 is 0 Å². The first-order chi connectivity index (χ1) is 13.3. The number of nitrogens with zero attached hydrogens (tertiary/aromatic N) is 2. The van der Waals surface area contributed by atoms with Gasteiger partial charge in [-0.1, -0.05) is 12.8 Å². The number of pyridine rings is 1. The van der Waals surface area contributed by atoms with Crippen molar-refractivity contribution in [3.8, 4) is 11.5 Å². The van der Waals surface area contributed by atoms with Crippen molar-refractivity contribution in [2.75, 3.05) is 38.3 Å². The smallest absolute Gasteiger partial charge is 0.251 e. The fourth-order valence-electron chi connectivity index (χ4n) is 3.14. The second-order valence-corrected chi connectivity index (χ2v) is 6.58. The average molecular weight is 369 g/mol. The van der Waals surface area contributed by atoms with Crippen molar-refractivity contribution >= 4 is 11.7 Å². The molecule has 0 spiro atoms. The van der Waals surface area contributed by atoms with E-state index in [1.54, 1.807) is 19.4 Å². The van der Waals surface area contributed by atoms with Gasteiger partial charge in [-0.3, -0.25) is 4.79 Å². The van der Waals surface area contributed by atoms with Crippen molar-refractivity contribution in [1.82, 2.24) is 10.3 Å². The molecule has 1 aliphatic rings. The Morgan fingerprint density at radius 1 is 1.07 bits per heavy atom. The van der Waals surface area contributed by atoms with E-state index in [-0.39, 0.29) is 5.91 Å². The Morgan fingerprint density at radius 2 is 1.78 bits per heavy atom. The monoisotopic (exact) mass is 369 g/mol. The first kappa shape index (κ1) is 19.0. The van der Waals surface area contributed by atoms with Crippen LogP contribution in [-0.4, -0.2) is 44.2 Å². The van der Waals surface area contributed by atoms with Crippen LogP contribution in [0.5, 0.6) is 11.5 Å². The van der Waals surface area contributed by atoms with Gasteiger partial charge < -0.3 is 19.7 Å². The van der Waals surface area contributed by atoms with Gasteiger partial charge in [-0.05, 0) is 49.2 Å². The molecule has 2 heterocycles. The Labute approximate surface area is 160 Å². The molecule has 1 aromatic carbocycles. The van der Waals surface area contributed by atoms with Crippen molar-refractivity contribution in [3.05, 3.63) is 48.2 Å². The highest BCUT2D eigenvalue weighted by molar-refractivity contribution is 5.94. The quantitative estimate of drug-likeness (QED) is 0.759. The van der Waals surface area contributed by atoms with Gasteiger partial charge >= 0.3 is 0 Å². The SMILES string of the molecule is COc1ccc(OCCNC(=O)c2ccnc(N3CCCCCC3)c2)cc1. The minimum Gasteiger partial charge on any atom is -0.497 e. The molecule has 0 saturated carbocycles. The number of methoxy groups -OCH3 is 1. The molecule has 1 N–H and O–H groups in total. The number of amides is 1. The Hall–Kier alpha value is -2.76. The molecular weight excluding hydrogens is 342 g/mol. The van der Waals surface area contributed by atoms with Gasteiger partial charge in [-0.2, -0.15) is 0 Å². The van der Waals surface area contributed by atoms with Crippen molar-refractivity contribution in [2.45, 2.75) is 25.7 Å². The van der Waals surface area contributed by atoms with E-state index in [9.17, 15) is 4.79 Å². The topological polar surface area (TPSA) is 63.7 Å². The minimum absolute atomic E-state index is 0.105. The number of rotatable bonds is 7. The third-order valence-electron chi connectivity index (χ3n) is 4.65. The van der Waals surface area contributed by atoms with Gasteiger partial charge in [0, 0.05) is 24.8 Å².